The third-order valence-corrected chi connectivity index (χ3v) is 5.64. The van der Waals surface area contributed by atoms with Crippen LogP contribution in [0.15, 0.2) is 84.9 Å². The second-order valence-corrected chi connectivity index (χ2v) is 7.87. The maximum absolute atomic E-state index is 12.6. The van der Waals surface area contributed by atoms with E-state index in [-0.39, 0.29) is 11.3 Å². The number of amides is 1. The number of rotatable bonds is 6. The number of carbonyl (C=O) groups is 1. The molecule has 0 atom stereocenters. The first kappa shape index (κ1) is 20.7. The van der Waals surface area contributed by atoms with Crippen molar-refractivity contribution in [2.75, 3.05) is 19.8 Å². The van der Waals surface area contributed by atoms with Gasteiger partial charge < -0.3 is 14.8 Å². The summed E-state index contributed by atoms with van der Waals surface area (Å²) in [7, 11) is 0. The van der Waals surface area contributed by atoms with E-state index in [1.54, 1.807) is 12.2 Å². The van der Waals surface area contributed by atoms with Crippen molar-refractivity contribution < 1.29 is 14.3 Å². The Morgan fingerprint density at radius 2 is 1.52 bits per heavy atom. The Morgan fingerprint density at radius 1 is 0.903 bits per heavy atom. The van der Waals surface area contributed by atoms with Gasteiger partial charge in [-0.15, -0.1) is 0 Å². The van der Waals surface area contributed by atoms with Crippen LogP contribution in [0.2, 0.25) is 0 Å². The number of carbonyl (C=O) groups excluding carboxylic acids is 1. The number of fused-ring (bicyclic) bond motifs is 1. The Balaban J connectivity index is 1.47. The lowest BCUT2D eigenvalue weighted by Gasteiger charge is -2.31. The van der Waals surface area contributed by atoms with E-state index in [0.29, 0.717) is 19.8 Å². The van der Waals surface area contributed by atoms with Crippen molar-refractivity contribution in [1.29, 1.82) is 0 Å². The van der Waals surface area contributed by atoms with Gasteiger partial charge in [0, 0.05) is 24.5 Å². The summed E-state index contributed by atoms with van der Waals surface area (Å²) in [5.41, 5.74) is 2.89. The minimum Gasteiger partial charge on any atom is -0.490 e. The molecule has 0 aromatic heterocycles. The average molecular weight is 414 g/mol. The van der Waals surface area contributed by atoms with Crippen LogP contribution in [0.1, 0.15) is 30.0 Å². The fourth-order valence-electron chi connectivity index (χ4n) is 3.76. The molecule has 3 aromatic carbocycles. The van der Waals surface area contributed by atoms with Crippen molar-refractivity contribution >= 4 is 12.0 Å². The molecule has 1 aliphatic rings. The second-order valence-electron chi connectivity index (χ2n) is 7.87. The third kappa shape index (κ3) is 4.97. The van der Waals surface area contributed by atoms with E-state index in [2.05, 4.69) is 36.5 Å². The van der Waals surface area contributed by atoms with Gasteiger partial charge in [0.25, 0.3) is 0 Å². The number of nitrogens with one attached hydrogen (secondary N) is 1. The summed E-state index contributed by atoms with van der Waals surface area (Å²) < 4.78 is 11.4. The quantitative estimate of drug-likeness (QED) is 0.580. The summed E-state index contributed by atoms with van der Waals surface area (Å²) in [6, 6.07) is 26.3. The predicted octanol–water partition coefficient (Wildman–Crippen LogP) is 4.98. The fraction of sp³-hybridized carbons (Fsp3) is 0.222. The smallest absolute Gasteiger partial charge is 0.244 e. The third-order valence-electron chi connectivity index (χ3n) is 5.64. The summed E-state index contributed by atoms with van der Waals surface area (Å²) in [6.07, 6.45) is 4.23. The number of ether oxygens (including phenoxy) is 2. The highest BCUT2D eigenvalue weighted by Gasteiger charge is 2.29. The molecule has 31 heavy (non-hydrogen) atoms. The zero-order chi connectivity index (χ0) is 21.5. The van der Waals surface area contributed by atoms with Crippen molar-refractivity contribution in [2.45, 2.75) is 18.8 Å². The van der Waals surface area contributed by atoms with Gasteiger partial charge in [-0.25, -0.2) is 0 Å². The molecule has 0 bridgehead atoms. The largest absolute Gasteiger partial charge is 0.490 e. The lowest BCUT2D eigenvalue weighted by atomic mass is 9.76. The molecule has 0 saturated carbocycles. The van der Waals surface area contributed by atoms with E-state index in [0.717, 1.165) is 34.6 Å². The zero-order valence-corrected chi connectivity index (χ0v) is 17.7. The van der Waals surface area contributed by atoms with Crippen molar-refractivity contribution in [3.05, 3.63) is 102 Å². The molecule has 0 unspecified atom stereocenters. The molecule has 0 aliphatic carbocycles. The van der Waals surface area contributed by atoms with E-state index < -0.39 is 0 Å². The molecular formula is C27H27NO3. The van der Waals surface area contributed by atoms with Crippen LogP contribution >= 0.6 is 0 Å². The number of hydrogen-bond donors (Lipinski definition) is 1. The monoisotopic (exact) mass is 413 g/mol. The average Bonchev–Trinajstić information content (AvgIpc) is 3.07. The predicted molar refractivity (Wildman–Crippen MR) is 123 cm³/mol. The molecule has 1 heterocycles. The van der Waals surface area contributed by atoms with Gasteiger partial charge in [0.15, 0.2) is 11.5 Å². The maximum Gasteiger partial charge on any atom is 0.244 e. The van der Waals surface area contributed by atoms with Gasteiger partial charge in [0.2, 0.25) is 5.91 Å². The minimum atomic E-state index is -0.332. The first-order chi connectivity index (χ1) is 15.1. The van der Waals surface area contributed by atoms with E-state index >= 15 is 0 Å². The second kappa shape index (κ2) is 9.52. The first-order valence-corrected chi connectivity index (χ1v) is 10.6. The Labute approximate surface area is 183 Å². The van der Waals surface area contributed by atoms with Gasteiger partial charge in [-0.1, -0.05) is 66.7 Å². The summed E-state index contributed by atoms with van der Waals surface area (Å²) in [5.74, 6) is 1.34. The SMILES string of the molecule is CC(CNC(=O)/C=C/c1ccc2c(c1)OCCCO2)(c1ccccc1)c1ccccc1. The minimum absolute atomic E-state index is 0.134. The normalized spacial score (nSPS) is 13.6. The van der Waals surface area contributed by atoms with Crippen molar-refractivity contribution in [1.82, 2.24) is 5.32 Å². The molecule has 1 aliphatic heterocycles. The van der Waals surface area contributed by atoms with Gasteiger partial charge >= 0.3 is 0 Å². The van der Waals surface area contributed by atoms with E-state index in [9.17, 15) is 4.79 Å². The Bertz CT molecular complexity index is 1010. The van der Waals surface area contributed by atoms with Crippen LogP contribution in [0, 0.1) is 0 Å². The van der Waals surface area contributed by atoms with Crippen LogP contribution < -0.4 is 14.8 Å². The van der Waals surface area contributed by atoms with Crippen LogP contribution in [0.25, 0.3) is 6.08 Å². The first-order valence-electron chi connectivity index (χ1n) is 10.6. The van der Waals surface area contributed by atoms with Gasteiger partial charge in [-0.3, -0.25) is 4.79 Å². The molecule has 0 spiro atoms. The molecule has 4 nitrogen and oxygen atoms in total. The molecule has 0 fully saturated rings. The molecule has 4 heteroatoms. The highest BCUT2D eigenvalue weighted by molar-refractivity contribution is 5.91. The van der Waals surface area contributed by atoms with Crippen molar-refractivity contribution in [3.63, 3.8) is 0 Å². The summed E-state index contributed by atoms with van der Waals surface area (Å²) in [6.45, 7) is 3.95. The summed E-state index contributed by atoms with van der Waals surface area (Å²) >= 11 is 0. The number of hydrogen-bond acceptors (Lipinski definition) is 3. The van der Waals surface area contributed by atoms with Crippen LogP contribution in [0.4, 0.5) is 0 Å². The molecule has 0 radical (unpaired) electrons. The highest BCUT2D eigenvalue weighted by atomic mass is 16.5. The summed E-state index contributed by atoms with van der Waals surface area (Å²) in [5, 5.41) is 3.08. The van der Waals surface area contributed by atoms with E-state index in [1.165, 1.54) is 0 Å². The molecule has 4 rings (SSSR count). The molecule has 1 N–H and O–H groups in total. The van der Waals surface area contributed by atoms with E-state index in [4.69, 9.17) is 9.47 Å². The topological polar surface area (TPSA) is 47.6 Å². The molecule has 0 saturated heterocycles. The molecule has 158 valence electrons. The Hall–Kier alpha value is -3.53. The molecule has 1 amide bonds. The van der Waals surface area contributed by atoms with E-state index in [1.807, 2.05) is 54.6 Å². The summed E-state index contributed by atoms with van der Waals surface area (Å²) in [4.78, 5) is 12.6. The molecule has 3 aromatic rings. The fourth-order valence-corrected chi connectivity index (χ4v) is 3.76. The van der Waals surface area contributed by atoms with Gasteiger partial charge in [-0.2, -0.15) is 0 Å². The zero-order valence-electron chi connectivity index (χ0n) is 17.7. The standard InChI is InChI=1S/C27H27NO3/c1-27(22-9-4-2-5-10-22,23-11-6-3-7-12-23)20-28-26(29)16-14-21-13-15-24-25(19-21)31-18-8-17-30-24/h2-7,9-16,19H,8,17-18,20H2,1H3,(H,28,29)/b16-14+. The highest BCUT2D eigenvalue weighted by Crippen LogP contribution is 2.32. The van der Waals surface area contributed by atoms with Gasteiger partial charge in [-0.05, 0) is 41.8 Å². The Morgan fingerprint density at radius 3 is 2.16 bits per heavy atom. The van der Waals surface area contributed by atoms with Crippen LogP contribution in [0.3, 0.4) is 0 Å². The van der Waals surface area contributed by atoms with Crippen molar-refractivity contribution in [2.24, 2.45) is 0 Å². The maximum atomic E-state index is 12.6. The lowest BCUT2D eigenvalue weighted by molar-refractivity contribution is -0.116. The van der Waals surface area contributed by atoms with Crippen LogP contribution in [-0.4, -0.2) is 25.7 Å². The van der Waals surface area contributed by atoms with Gasteiger partial charge in [0.1, 0.15) is 0 Å². The van der Waals surface area contributed by atoms with Gasteiger partial charge in [0.05, 0.1) is 13.2 Å². The Kier molecular flexibility index (Phi) is 6.37. The molecular weight excluding hydrogens is 386 g/mol. The lowest BCUT2D eigenvalue weighted by Crippen LogP contribution is -2.39. The van der Waals surface area contributed by atoms with Crippen molar-refractivity contribution in [3.8, 4) is 11.5 Å². The van der Waals surface area contributed by atoms with Crippen LogP contribution in [0.5, 0.6) is 11.5 Å². The van der Waals surface area contributed by atoms with Crippen LogP contribution in [-0.2, 0) is 10.2 Å². The number of benzene rings is 3.